The molecule has 1 heterocycles. The molecule has 1 aliphatic heterocycles. The summed E-state index contributed by atoms with van der Waals surface area (Å²) in [5.74, 6) is 0.547. The summed E-state index contributed by atoms with van der Waals surface area (Å²) < 4.78 is 12.7. The lowest BCUT2D eigenvalue weighted by Crippen LogP contribution is -2.26. The molecule has 1 fully saturated rings. The average Bonchev–Trinajstić information content (AvgIpc) is 2.97. The lowest BCUT2D eigenvalue weighted by molar-refractivity contribution is 0.0251. The number of ether oxygens (including phenoxy) is 2. The van der Waals surface area contributed by atoms with Gasteiger partial charge in [-0.05, 0) is 31.0 Å². The molecule has 1 aromatic rings. The third-order valence-corrected chi connectivity index (χ3v) is 4.29. The van der Waals surface area contributed by atoms with Crippen LogP contribution in [0.5, 0.6) is 0 Å². The number of hydrogen-bond acceptors (Lipinski definition) is 3. The fraction of sp³-hybridized carbons (Fsp3) is 0.625. The number of benzene rings is 1. The summed E-state index contributed by atoms with van der Waals surface area (Å²) in [5, 5.41) is 3.46. The molecular formula is C16H24BrNO2. The third-order valence-electron chi connectivity index (χ3n) is 3.57. The van der Waals surface area contributed by atoms with Gasteiger partial charge in [-0.15, -0.1) is 0 Å². The maximum absolute atomic E-state index is 6.17. The maximum Gasteiger partial charge on any atom is 0.0960 e. The molecule has 0 radical (unpaired) electrons. The van der Waals surface area contributed by atoms with E-state index in [4.69, 9.17) is 9.47 Å². The molecule has 1 saturated heterocycles. The normalized spacial score (nSPS) is 20.2. The van der Waals surface area contributed by atoms with Crippen LogP contribution in [0.25, 0.3) is 0 Å². The van der Waals surface area contributed by atoms with Crippen molar-refractivity contribution < 1.29 is 9.47 Å². The SMILES string of the molecule is CCCNCC(OCC1CCOC1)c1ccccc1Br. The number of hydrogen-bond donors (Lipinski definition) is 1. The van der Waals surface area contributed by atoms with E-state index < -0.39 is 0 Å². The molecule has 1 N–H and O–H groups in total. The highest BCUT2D eigenvalue weighted by Crippen LogP contribution is 2.26. The summed E-state index contributed by atoms with van der Waals surface area (Å²) in [6, 6.07) is 8.31. The first kappa shape index (κ1) is 16.0. The Balaban J connectivity index is 1.94. The highest BCUT2D eigenvalue weighted by atomic mass is 79.9. The molecule has 20 heavy (non-hydrogen) atoms. The Labute approximate surface area is 130 Å². The highest BCUT2D eigenvalue weighted by molar-refractivity contribution is 9.10. The molecule has 4 heteroatoms. The molecule has 1 aliphatic rings. The van der Waals surface area contributed by atoms with E-state index in [-0.39, 0.29) is 6.10 Å². The van der Waals surface area contributed by atoms with Gasteiger partial charge < -0.3 is 14.8 Å². The van der Waals surface area contributed by atoms with Crippen molar-refractivity contribution in [2.75, 3.05) is 32.9 Å². The molecular weight excluding hydrogens is 318 g/mol. The van der Waals surface area contributed by atoms with Crippen molar-refractivity contribution in [3.8, 4) is 0 Å². The second kappa shape index (κ2) is 8.78. The van der Waals surface area contributed by atoms with E-state index in [0.29, 0.717) is 5.92 Å². The van der Waals surface area contributed by atoms with Crippen molar-refractivity contribution in [2.24, 2.45) is 5.92 Å². The summed E-state index contributed by atoms with van der Waals surface area (Å²) in [7, 11) is 0. The van der Waals surface area contributed by atoms with Gasteiger partial charge in [0.05, 0.1) is 19.3 Å². The Morgan fingerprint density at radius 3 is 3.00 bits per heavy atom. The van der Waals surface area contributed by atoms with Gasteiger partial charge in [-0.25, -0.2) is 0 Å². The van der Waals surface area contributed by atoms with Crippen LogP contribution in [0.3, 0.4) is 0 Å². The van der Waals surface area contributed by atoms with Gasteiger partial charge in [-0.1, -0.05) is 41.1 Å². The first-order valence-corrected chi connectivity index (χ1v) is 8.25. The maximum atomic E-state index is 6.17. The van der Waals surface area contributed by atoms with Crippen molar-refractivity contribution >= 4 is 15.9 Å². The van der Waals surface area contributed by atoms with Gasteiger partial charge in [0.2, 0.25) is 0 Å². The molecule has 0 aliphatic carbocycles. The van der Waals surface area contributed by atoms with Crippen molar-refractivity contribution in [2.45, 2.75) is 25.9 Å². The van der Waals surface area contributed by atoms with Crippen LogP contribution in [0.4, 0.5) is 0 Å². The quantitative estimate of drug-likeness (QED) is 0.733. The summed E-state index contributed by atoms with van der Waals surface area (Å²) in [6.45, 7) is 6.55. The van der Waals surface area contributed by atoms with Crippen LogP contribution >= 0.6 is 15.9 Å². The first-order valence-electron chi connectivity index (χ1n) is 7.45. The minimum Gasteiger partial charge on any atom is -0.381 e. The van der Waals surface area contributed by atoms with E-state index in [1.807, 2.05) is 6.07 Å². The average molecular weight is 342 g/mol. The summed E-state index contributed by atoms with van der Waals surface area (Å²) >= 11 is 3.63. The van der Waals surface area contributed by atoms with E-state index in [1.54, 1.807) is 0 Å². The van der Waals surface area contributed by atoms with Crippen LogP contribution in [0.2, 0.25) is 0 Å². The van der Waals surface area contributed by atoms with Crippen LogP contribution < -0.4 is 5.32 Å². The lowest BCUT2D eigenvalue weighted by atomic mass is 10.1. The molecule has 0 amide bonds. The molecule has 0 aromatic heterocycles. The molecule has 0 saturated carbocycles. The third kappa shape index (κ3) is 4.85. The largest absolute Gasteiger partial charge is 0.381 e. The lowest BCUT2D eigenvalue weighted by Gasteiger charge is -2.21. The van der Waals surface area contributed by atoms with Crippen molar-refractivity contribution in [1.29, 1.82) is 0 Å². The number of halogens is 1. The minimum atomic E-state index is 0.0951. The molecule has 2 rings (SSSR count). The Bertz CT molecular complexity index is 394. The number of nitrogens with one attached hydrogen (secondary N) is 1. The fourth-order valence-electron chi connectivity index (χ4n) is 2.37. The monoisotopic (exact) mass is 341 g/mol. The zero-order valence-electron chi connectivity index (χ0n) is 12.1. The summed E-state index contributed by atoms with van der Waals surface area (Å²) in [6.07, 6.45) is 2.35. The summed E-state index contributed by atoms with van der Waals surface area (Å²) in [5.41, 5.74) is 1.22. The van der Waals surface area contributed by atoms with Gasteiger partial charge in [-0.2, -0.15) is 0 Å². The van der Waals surface area contributed by atoms with Gasteiger partial charge in [0.1, 0.15) is 0 Å². The standard InChI is InChI=1S/C16H24BrNO2/c1-2-8-18-10-16(14-5-3-4-6-15(14)17)20-12-13-7-9-19-11-13/h3-6,13,16,18H,2,7-12H2,1H3. The van der Waals surface area contributed by atoms with E-state index in [0.717, 1.165) is 50.2 Å². The first-order chi connectivity index (χ1) is 9.81. The van der Waals surface area contributed by atoms with Crippen molar-refractivity contribution in [3.63, 3.8) is 0 Å². The zero-order valence-corrected chi connectivity index (χ0v) is 13.7. The smallest absolute Gasteiger partial charge is 0.0960 e. The molecule has 2 unspecified atom stereocenters. The molecule has 1 aromatic carbocycles. The highest BCUT2D eigenvalue weighted by Gasteiger charge is 2.20. The van der Waals surface area contributed by atoms with Crippen LogP contribution in [-0.4, -0.2) is 32.9 Å². The Morgan fingerprint density at radius 1 is 1.45 bits per heavy atom. The van der Waals surface area contributed by atoms with E-state index in [2.05, 4.69) is 46.4 Å². The predicted octanol–water partition coefficient (Wildman–Crippen LogP) is 3.54. The number of rotatable bonds is 8. The fourth-order valence-corrected chi connectivity index (χ4v) is 2.91. The van der Waals surface area contributed by atoms with Crippen molar-refractivity contribution in [3.05, 3.63) is 34.3 Å². The van der Waals surface area contributed by atoms with Gasteiger partial charge >= 0.3 is 0 Å². The van der Waals surface area contributed by atoms with Crippen LogP contribution in [0.1, 0.15) is 31.4 Å². The minimum absolute atomic E-state index is 0.0951. The van der Waals surface area contributed by atoms with Crippen LogP contribution in [-0.2, 0) is 9.47 Å². The van der Waals surface area contributed by atoms with Gasteiger partial charge in [0.15, 0.2) is 0 Å². The predicted molar refractivity (Wildman–Crippen MR) is 84.9 cm³/mol. The van der Waals surface area contributed by atoms with Gasteiger partial charge in [0.25, 0.3) is 0 Å². The Morgan fingerprint density at radius 2 is 2.30 bits per heavy atom. The van der Waals surface area contributed by atoms with Crippen LogP contribution in [0, 0.1) is 5.92 Å². The van der Waals surface area contributed by atoms with Crippen molar-refractivity contribution in [1.82, 2.24) is 5.32 Å². The van der Waals surface area contributed by atoms with Gasteiger partial charge in [0, 0.05) is 23.5 Å². The second-order valence-corrected chi connectivity index (χ2v) is 6.13. The Kier molecular flexibility index (Phi) is 7.00. The van der Waals surface area contributed by atoms with Crippen LogP contribution in [0.15, 0.2) is 28.7 Å². The molecule has 0 spiro atoms. The van der Waals surface area contributed by atoms with E-state index in [9.17, 15) is 0 Å². The molecule has 112 valence electrons. The molecule has 0 bridgehead atoms. The molecule has 3 nitrogen and oxygen atoms in total. The van der Waals surface area contributed by atoms with Gasteiger partial charge in [-0.3, -0.25) is 0 Å². The topological polar surface area (TPSA) is 30.5 Å². The zero-order chi connectivity index (χ0) is 14.2. The Hall–Kier alpha value is -0.420. The summed E-state index contributed by atoms with van der Waals surface area (Å²) in [4.78, 5) is 0. The van der Waals surface area contributed by atoms with E-state index >= 15 is 0 Å². The van der Waals surface area contributed by atoms with E-state index in [1.165, 1.54) is 5.56 Å². The molecule has 2 atom stereocenters. The second-order valence-electron chi connectivity index (χ2n) is 5.28.